The van der Waals surface area contributed by atoms with E-state index in [1.54, 1.807) is 6.08 Å². The lowest BCUT2D eigenvalue weighted by molar-refractivity contribution is 0.416. The fourth-order valence-corrected chi connectivity index (χ4v) is 3.34. The Bertz CT molecular complexity index is 891. The minimum absolute atomic E-state index is 0. The number of benzene rings is 1. The molecule has 0 radical (unpaired) electrons. The Balaban J connectivity index is 0.000000222. The van der Waals surface area contributed by atoms with Crippen molar-refractivity contribution in [3.8, 4) is 11.3 Å². The topological polar surface area (TPSA) is 66.7 Å². The Labute approximate surface area is 202 Å². The van der Waals surface area contributed by atoms with E-state index in [1.807, 2.05) is 66.7 Å². The molecule has 2 aromatic heterocycles. The monoisotopic (exact) mass is 604 g/mol. The van der Waals surface area contributed by atoms with Crippen molar-refractivity contribution in [3.63, 3.8) is 0 Å². The van der Waals surface area contributed by atoms with Gasteiger partial charge < -0.3 is 18.9 Å². The van der Waals surface area contributed by atoms with Crippen molar-refractivity contribution >= 4 is 68.4 Å². The predicted octanol–water partition coefficient (Wildman–Crippen LogP) is 6.90. The Kier molecular flexibility index (Phi) is 12.7. The number of hydrogen-bond acceptors (Lipinski definition) is 4. The lowest BCUT2D eigenvalue weighted by Crippen LogP contribution is -2.15. The second-order valence-corrected chi connectivity index (χ2v) is 7.94. The maximum Gasteiger partial charge on any atom is 0.484 e. The third kappa shape index (κ3) is 10.1. The highest BCUT2D eigenvalue weighted by Gasteiger charge is 2.13. The highest BCUT2D eigenvalue weighted by molar-refractivity contribution is 9.11. The van der Waals surface area contributed by atoms with Gasteiger partial charge >= 0.3 is 7.12 Å². The van der Waals surface area contributed by atoms with E-state index in [0.29, 0.717) is 5.47 Å². The Morgan fingerprint density at radius 2 is 1.38 bits per heavy atom. The normalized spacial score (nSPS) is 11.8. The summed E-state index contributed by atoms with van der Waals surface area (Å²) in [5, 5.41) is 17.3. The fraction of sp³-hybridized carbons (Fsp3) is 0.100. The van der Waals surface area contributed by atoms with Crippen LogP contribution in [-0.2, 0) is 0 Å². The second-order valence-electron chi connectivity index (χ2n) is 5.60. The zero-order valence-corrected chi connectivity index (χ0v) is 21.0. The standard InChI is InChI=1S/C10H7BrO.C6H9BO2.C4H2Br2O.H2S/c11-10-7-6-9(12-10)8-4-2-1-3-5-8;8-7(9)6-4-2-1-3-5-6;5-3-1-2-4(6)7-3;/h1-7H;1-2,4,8-9H,3,5H2;1-2H;1H2. The van der Waals surface area contributed by atoms with Gasteiger partial charge in [0.25, 0.3) is 0 Å². The van der Waals surface area contributed by atoms with Gasteiger partial charge in [0.1, 0.15) is 5.76 Å². The van der Waals surface area contributed by atoms with Gasteiger partial charge in [-0.2, -0.15) is 13.5 Å². The van der Waals surface area contributed by atoms with Crippen LogP contribution in [0.5, 0.6) is 0 Å². The van der Waals surface area contributed by atoms with Crippen molar-refractivity contribution in [2.75, 3.05) is 0 Å². The van der Waals surface area contributed by atoms with Gasteiger partial charge in [0.05, 0.1) is 0 Å². The maximum absolute atomic E-state index is 8.63. The molecule has 1 aromatic carbocycles. The molecule has 154 valence electrons. The number of rotatable bonds is 2. The zero-order chi connectivity index (χ0) is 20.4. The van der Waals surface area contributed by atoms with Crippen LogP contribution < -0.4 is 0 Å². The molecule has 0 fully saturated rings. The summed E-state index contributed by atoms with van der Waals surface area (Å²) in [4.78, 5) is 0. The predicted molar refractivity (Wildman–Crippen MR) is 133 cm³/mol. The summed E-state index contributed by atoms with van der Waals surface area (Å²) in [5.41, 5.74) is 1.81. The molecule has 0 amide bonds. The molecule has 0 saturated heterocycles. The van der Waals surface area contributed by atoms with Gasteiger partial charge in [-0.1, -0.05) is 48.6 Å². The summed E-state index contributed by atoms with van der Waals surface area (Å²) >= 11 is 9.53. The van der Waals surface area contributed by atoms with Crippen LogP contribution >= 0.6 is 61.3 Å². The van der Waals surface area contributed by atoms with E-state index in [2.05, 4.69) is 47.8 Å². The maximum atomic E-state index is 8.63. The number of halogens is 3. The largest absolute Gasteiger partial charge is 0.484 e. The van der Waals surface area contributed by atoms with Gasteiger partial charge in [-0.25, -0.2) is 0 Å². The number of hydrogen-bond donors (Lipinski definition) is 2. The first-order valence-corrected chi connectivity index (χ1v) is 10.8. The van der Waals surface area contributed by atoms with E-state index < -0.39 is 7.12 Å². The van der Waals surface area contributed by atoms with Crippen LogP contribution in [0.3, 0.4) is 0 Å². The van der Waals surface area contributed by atoms with Crippen LogP contribution in [0, 0.1) is 0 Å². The summed E-state index contributed by atoms with van der Waals surface area (Å²) in [6, 6.07) is 17.5. The summed E-state index contributed by atoms with van der Waals surface area (Å²) in [6.45, 7) is 0. The smallest absolute Gasteiger partial charge is 0.449 e. The summed E-state index contributed by atoms with van der Waals surface area (Å²) in [7, 11) is -1.25. The van der Waals surface area contributed by atoms with Gasteiger partial charge in [0.2, 0.25) is 0 Å². The second kappa shape index (κ2) is 14.1. The first-order chi connectivity index (χ1) is 13.5. The average molecular weight is 607 g/mol. The van der Waals surface area contributed by atoms with Gasteiger partial charge in [-0.15, -0.1) is 0 Å². The Hall–Kier alpha value is -0.965. The molecule has 0 bridgehead atoms. The zero-order valence-electron chi connectivity index (χ0n) is 15.3. The third-order valence-corrected chi connectivity index (χ3v) is 4.83. The van der Waals surface area contributed by atoms with Crippen molar-refractivity contribution in [2.24, 2.45) is 0 Å². The van der Waals surface area contributed by atoms with Crippen molar-refractivity contribution in [1.82, 2.24) is 0 Å². The van der Waals surface area contributed by atoms with Crippen molar-refractivity contribution in [2.45, 2.75) is 12.8 Å². The van der Waals surface area contributed by atoms with Crippen LogP contribution in [0.1, 0.15) is 12.8 Å². The van der Waals surface area contributed by atoms with Crippen LogP contribution in [0.15, 0.2) is 101 Å². The molecule has 1 aliphatic rings. The highest BCUT2D eigenvalue weighted by atomic mass is 79.9. The molecule has 2 heterocycles. The summed E-state index contributed by atoms with van der Waals surface area (Å²) in [5.74, 6) is 0.891. The van der Waals surface area contributed by atoms with E-state index in [-0.39, 0.29) is 13.5 Å². The summed E-state index contributed by atoms with van der Waals surface area (Å²) in [6.07, 6.45) is 7.29. The first-order valence-electron chi connectivity index (χ1n) is 8.39. The molecule has 9 heteroatoms. The van der Waals surface area contributed by atoms with Crippen molar-refractivity contribution in [3.05, 3.63) is 92.3 Å². The van der Waals surface area contributed by atoms with Crippen molar-refractivity contribution < 1.29 is 18.9 Å². The van der Waals surface area contributed by atoms with Crippen LogP contribution in [0.4, 0.5) is 0 Å². The molecule has 0 spiro atoms. The molecule has 0 unspecified atom stereocenters. The number of allylic oxidation sites excluding steroid dienone is 4. The molecule has 1 aliphatic carbocycles. The molecule has 0 aliphatic heterocycles. The van der Waals surface area contributed by atoms with Gasteiger partial charge in [0.15, 0.2) is 14.0 Å². The Morgan fingerprint density at radius 1 is 0.793 bits per heavy atom. The molecule has 3 aromatic rings. The molecule has 29 heavy (non-hydrogen) atoms. The Morgan fingerprint density at radius 3 is 1.76 bits per heavy atom. The SMILES string of the molecule is Brc1ccc(-c2ccccc2)o1.Brc1ccc(Br)o1.OB(O)C1=CC=CCC1.S. The quantitative estimate of drug-likeness (QED) is 0.312. The summed E-state index contributed by atoms with van der Waals surface area (Å²) < 4.78 is 12.6. The number of furan rings is 2. The van der Waals surface area contributed by atoms with Crippen LogP contribution in [0.25, 0.3) is 11.3 Å². The van der Waals surface area contributed by atoms with Crippen LogP contribution in [0.2, 0.25) is 0 Å². The lowest BCUT2D eigenvalue weighted by Gasteiger charge is -2.05. The molecule has 0 saturated carbocycles. The van der Waals surface area contributed by atoms with E-state index >= 15 is 0 Å². The van der Waals surface area contributed by atoms with E-state index in [1.165, 1.54) is 0 Å². The lowest BCUT2D eigenvalue weighted by atomic mass is 9.75. The minimum Gasteiger partial charge on any atom is -0.449 e. The van der Waals surface area contributed by atoms with Gasteiger partial charge in [-0.3, -0.25) is 0 Å². The van der Waals surface area contributed by atoms with Crippen LogP contribution in [-0.4, -0.2) is 17.2 Å². The molecule has 2 N–H and O–H groups in total. The highest BCUT2D eigenvalue weighted by Crippen LogP contribution is 2.24. The van der Waals surface area contributed by atoms with E-state index in [4.69, 9.17) is 18.9 Å². The molecular formula is C20H20BBr3O4S. The first kappa shape index (κ1) is 26.1. The van der Waals surface area contributed by atoms with Gasteiger partial charge in [-0.05, 0) is 90.4 Å². The van der Waals surface area contributed by atoms with Gasteiger partial charge in [0, 0.05) is 5.56 Å². The third-order valence-electron chi connectivity index (χ3n) is 3.55. The van der Waals surface area contributed by atoms with Crippen molar-refractivity contribution in [1.29, 1.82) is 0 Å². The molecule has 4 rings (SSSR count). The average Bonchev–Trinajstić information content (AvgIpc) is 3.31. The molecule has 0 atom stereocenters. The van der Waals surface area contributed by atoms with E-state index in [0.717, 1.165) is 38.2 Å². The van der Waals surface area contributed by atoms with E-state index in [9.17, 15) is 0 Å². The minimum atomic E-state index is -1.25. The fourth-order valence-electron chi connectivity index (χ4n) is 2.20. The molecular weight excluding hydrogens is 587 g/mol. The molecule has 4 nitrogen and oxygen atoms in total.